The summed E-state index contributed by atoms with van der Waals surface area (Å²) in [6, 6.07) is 1.80. The van der Waals surface area contributed by atoms with Crippen molar-refractivity contribution in [2.45, 2.75) is 24.6 Å². The molecular formula is C13H15F3N2O3. The number of alkyl halides is 3. The summed E-state index contributed by atoms with van der Waals surface area (Å²) in [6.45, 7) is 0.846. The van der Waals surface area contributed by atoms with Crippen LogP contribution >= 0.6 is 0 Å². The van der Waals surface area contributed by atoms with Gasteiger partial charge in [-0.05, 0) is 12.1 Å². The van der Waals surface area contributed by atoms with Crippen LogP contribution in [-0.2, 0) is 10.9 Å². The van der Waals surface area contributed by atoms with Crippen molar-refractivity contribution in [1.82, 2.24) is 10.3 Å². The van der Waals surface area contributed by atoms with Crippen LogP contribution in [0.4, 0.5) is 13.2 Å². The molecule has 0 saturated carbocycles. The van der Waals surface area contributed by atoms with Gasteiger partial charge in [0.1, 0.15) is 5.69 Å². The Morgan fingerprint density at radius 1 is 1.38 bits per heavy atom. The number of nitrogens with zero attached hydrogens (tertiary/aromatic N) is 1. The van der Waals surface area contributed by atoms with Gasteiger partial charge < -0.3 is 15.2 Å². The Hall–Kier alpha value is -1.67. The lowest BCUT2D eigenvalue weighted by molar-refractivity contribution is -0.141. The van der Waals surface area contributed by atoms with Crippen molar-refractivity contribution in [3.63, 3.8) is 0 Å². The molecule has 0 bridgehead atoms. The molecule has 1 amide bonds. The average Bonchev–Trinajstić information content (AvgIpc) is 2.45. The third-order valence-electron chi connectivity index (χ3n) is 3.32. The van der Waals surface area contributed by atoms with Gasteiger partial charge in [-0.2, -0.15) is 13.2 Å². The van der Waals surface area contributed by atoms with Gasteiger partial charge in [0, 0.05) is 38.8 Å². The minimum atomic E-state index is -4.54. The molecule has 1 aromatic rings. The van der Waals surface area contributed by atoms with Crippen LogP contribution in [0.15, 0.2) is 18.3 Å². The highest BCUT2D eigenvalue weighted by atomic mass is 19.4. The van der Waals surface area contributed by atoms with Gasteiger partial charge in [-0.15, -0.1) is 0 Å². The molecule has 116 valence electrons. The van der Waals surface area contributed by atoms with Crippen LogP contribution in [0, 0.1) is 0 Å². The van der Waals surface area contributed by atoms with E-state index in [1.54, 1.807) is 0 Å². The molecule has 1 saturated heterocycles. The summed E-state index contributed by atoms with van der Waals surface area (Å²) in [6.07, 6.45) is -2.87. The van der Waals surface area contributed by atoms with Crippen LogP contribution < -0.4 is 5.32 Å². The Kier molecular flexibility index (Phi) is 4.48. The van der Waals surface area contributed by atoms with E-state index in [9.17, 15) is 23.1 Å². The zero-order valence-corrected chi connectivity index (χ0v) is 11.1. The largest absolute Gasteiger partial charge is 0.433 e. The van der Waals surface area contributed by atoms with E-state index in [2.05, 4.69) is 10.3 Å². The van der Waals surface area contributed by atoms with E-state index < -0.39 is 23.4 Å². The molecule has 5 nitrogen and oxygen atoms in total. The van der Waals surface area contributed by atoms with Gasteiger partial charge in [0.25, 0.3) is 5.91 Å². The number of pyridine rings is 1. The van der Waals surface area contributed by atoms with E-state index in [1.165, 1.54) is 0 Å². The maximum atomic E-state index is 12.4. The number of carbonyl (C=O) groups excluding carboxylic acids is 1. The summed E-state index contributed by atoms with van der Waals surface area (Å²) >= 11 is 0. The van der Waals surface area contributed by atoms with Crippen LogP contribution in [0.3, 0.4) is 0 Å². The second-order valence-corrected chi connectivity index (χ2v) is 4.95. The van der Waals surface area contributed by atoms with Gasteiger partial charge in [0.05, 0.1) is 11.2 Å². The molecule has 2 N–H and O–H groups in total. The number of amides is 1. The third-order valence-corrected chi connectivity index (χ3v) is 3.32. The lowest BCUT2D eigenvalue weighted by atomic mass is 9.94. The first-order valence-electron chi connectivity index (χ1n) is 6.42. The third kappa shape index (κ3) is 4.15. The van der Waals surface area contributed by atoms with Crippen LogP contribution in [0.2, 0.25) is 0 Å². The van der Waals surface area contributed by atoms with Crippen LogP contribution in [0.1, 0.15) is 28.9 Å². The van der Waals surface area contributed by atoms with Crippen molar-refractivity contribution in [3.05, 3.63) is 29.6 Å². The number of halogens is 3. The first kappa shape index (κ1) is 15.7. The topological polar surface area (TPSA) is 71.5 Å². The molecule has 1 aliphatic rings. The molecule has 2 rings (SSSR count). The maximum Gasteiger partial charge on any atom is 0.433 e. The van der Waals surface area contributed by atoms with Gasteiger partial charge in [-0.1, -0.05) is 0 Å². The molecule has 0 atom stereocenters. The van der Waals surface area contributed by atoms with Crippen molar-refractivity contribution < 1.29 is 27.8 Å². The molecule has 0 unspecified atom stereocenters. The molecule has 1 fully saturated rings. The number of aliphatic hydroxyl groups is 1. The normalized spacial score (nSPS) is 18.3. The van der Waals surface area contributed by atoms with E-state index in [-0.39, 0.29) is 12.1 Å². The van der Waals surface area contributed by atoms with Gasteiger partial charge in [0.15, 0.2) is 0 Å². The monoisotopic (exact) mass is 304 g/mol. The summed E-state index contributed by atoms with van der Waals surface area (Å²) in [7, 11) is 0. The predicted molar refractivity (Wildman–Crippen MR) is 66.6 cm³/mol. The van der Waals surface area contributed by atoms with Crippen molar-refractivity contribution in [2.75, 3.05) is 19.8 Å². The van der Waals surface area contributed by atoms with Gasteiger partial charge in [0.2, 0.25) is 0 Å². The Bertz CT molecular complexity index is 496. The number of nitrogens with one attached hydrogen (secondary N) is 1. The minimum absolute atomic E-state index is 0.0126. The SMILES string of the molecule is O=C(NCC1(O)CCOCC1)c1ccc(C(F)(F)F)nc1. The molecule has 0 aliphatic carbocycles. The van der Waals surface area contributed by atoms with Crippen molar-refractivity contribution in [1.29, 1.82) is 0 Å². The van der Waals surface area contributed by atoms with E-state index in [4.69, 9.17) is 4.74 Å². The molecule has 2 heterocycles. The molecule has 21 heavy (non-hydrogen) atoms. The zero-order valence-electron chi connectivity index (χ0n) is 11.1. The quantitative estimate of drug-likeness (QED) is 0.885. The molecule has 0 spiro atoms. The highest BCUT2D eigenvalue weighted by molar-refractivity contribution is 5.93. The molecule has 0 radical (unpaired) electrons. The minimum Gasteiger partial charge on any atom is -0.388 e. The second-order valence-electron chi connectivity index (χ2n) is 4.95. The van der Waals surface area contributed by atoms with Crippen molar-refractivity contribution in [3.8, 4) is 0 Å². The number of rotatable bonds is 3. The van der Waals surface area contributed by atoms with Crippen molar-refractivity contribution >= 4 is 5.91 Å². The number of aromatic nitrogens is 1. The van der Waals surface area contributed by atoms with E-state index >= 15 is 0 Å². The van der Waals surface area contributed by atoms with Gasteiger partial charge in [-0.25, -0.2) is 0 Å². The summed E-state index contributed by atoms with van der Waals surface area (Å²) < 4.78 is 42.2. The Morgan fingerprint density at radius 2 is 2.05 bits per heavy atom. The van der Waals surface area contributed by atoms with E-state index in [0.717, 1.165) is 18.3 Å². The highest BCUT2D eigenvalue weighted by Gasteiger charge is 2.33. The Balaban J connectivity index is 1.94. The molecular weight excluding hydrogens is 289 g/mol. The summed E-state index contributed by atoms with van der Waals surface area (Å²) in [5.74, 6) is -0.573. The molecule has 0 aromatic carbocycles. The van der Waals surface area contributed by atoms with E-state index in [0.29, 0.717) is 26.1 Å². The van der Waals surface area contributed by atoms with Gasteiger partial charge in [-0.3, -0.25) is 9.78 Å². The van der Waals surface area contributed by atoms with Gasteiger partial charge >= 0.3 is 6.18 Å². The molecule has 1 aromatic heterocycles. The summed E-state index contributed by atoms with van der Waals surface area (Å²) in [4.78, 5) is 15.0. The van der Waals surface area contributed by atoms with E-state index in [1.807, 2.05) is 0 Å². The first-order valence-corrected chi connectivity index (χ1v) is 6.42. The fourth-order valence-corrected chi connectivity index (χ4v) is 1.97. The first-order chi connectivity index (χ1) is 9.80. The standard InChI is InChI=1S/C13H15F3N2O3/c14-13(15,16)10-2-1-9(7-17-10)11(19)18-8-12(20)3-5-21-6-4-12/h1-2,7,20H,3-6,8H2,(H,18,19). The summed E-state index contributed by atoms with van der Waals surface area (Å²) in [5.41, 5.74) is -2.08. The number of carbonyl (C=O) groups is 1. The number of ether oxygens (including phenoxy) is 1. The second kappa shape index (κ2) is 5.98. The lowest BCUT2D eigenvalue weighted by Crippen LogP contribution is -2.46. The molecule has 1 aliphatic heterocycles. The highest BCUT2D eigenvalue weighted by Crippen LogP contribution is 2.27. The molecule has 8 heteroatoms. The average molecular weight is 304 g/mol. The summed E-state index contributed by atoms with van der Waals surface area (Å²) in [5, 5.41) is 12.7. The Morgan fingerprint density at radius 3 is 2.57 bits per heavy atom. The van der Waals surface area contributed by atoms with Crippen LogP contribution in [-0.4, -0.2) is 41.4 Å². The van der Waals surface area contributed by atoms with Crippen molar-refractivity contribution in [2.24, 2.45) is 0 Å². The van der Waals surface area contributed by atoms with Crippen LogP contribution in [0.25, 0.3) is 0 Å². The lowest BCUT2D eigenvalue weighted by Gasteiger charge is -2.32. The fraction of sp³-hybridized carbons (Fsp3) is 0.538. The maximum absolute atomic E-state index is 12.4. The Labute approximate surface area is 119 Å². The number of hydrogen-bond donors (Lipinski definition) is 2. The van der Waals surface area contributed by atoms with Crippen LogP contribution in [0.5, 0.6) is 0 Å². The zero-order chi connectivity index (χ0) is 15.5. The smallest absolute Gasteiger partial charge is 0.388 e. The predicted octanol–water partition coefficient (Wildman–Crippen LogP) is 1.37. The fourth-order valence-electron chi connectivity index (χ4n) is 1.97. The number of hydrogen-bond acceptors (Lipinski definition) is 4.